The summed E-state index contributed by atoms with van der Waals surface area (Å²) in [5, 5.41) is 12.1. The molecule has 1 N–H and O–H groups in total. The van der Waals surface area contributed by atoms with E-state index in [4.69, 9.17) is 9.94 Å². The fourth-order valence-electron chi connectivity index (χ4n) is 2.58. The van der Waals surface area contributed by atoms with E-state index in [1.54, 1.807) is 7.11 Å². The van der Waals surface area contributed by atoms with Crippen LogP contribution in [0.1, 0.15) is 36.8 Å². The summed E-state index contributed by atoms with van der Waals surface area (Å²) in [5.41, 5.74) is 3.16. The Morgan fingerprint density at radius 3 is 2.53 bits per heavy atom. The number of rotatable bonds is 2. The van der Waals surface area contributed by atoms with Gasteiger partial charge in [0.2, 0.25) is 0 Å². The predicted octanol–water partition coefficient (Wildman–Crippen LogP) is 3.24. The van der Waals surface area contributed by atoms with Crippen molar-refractivity contribution < 1.29 is 9.94 Å². The molecule has 17 heavy (non-hydrogen) atoms. The number of methoxy groups -OCH3 is 1. The van der Waals surface area contributed by atoms with Gasteiger partial charge in [-0.15, -0.1) is 0 Å². The van der Waals surface area contributed by atoms with Crippen molar-refractivity contribution in [2.75, 3.05) is 7.11 Å². The van der Waals surface area contributed by atoms with Crippen LogP contribution < -0.4 is 0 Å². The van der Waals surface area contributed by atoms with Gasteiger partial charge in [-0.05, 0) is 38.2 Å². The van der Waals surface area contributed by atoms with Gasteiger partial charge in [-0.1, -0.05) is 35.0 Å². The Bertz CT molecular complexity index is 416. The molecule has 92 valence electrons. The van der Waals surface area contributed by atoms with Crippen LogP contribution in [0.15, 0.2) is 29.4 Å². The summed E-state index contributed by atoms with van der Waals surface area (Å²) in [4.78, 5) is 0. The van der Waals surface area contributed by atoms with E-state index in [1.807, 2.05) is 0 Å². The van der Waals surface area contributed by atoms with Crippen LogP contribution in [0.2, 0.25) is 0 Å². The first-order chi connectivity index (χ1) is 8.20. The third-order valence-corrected chi connectivity index (χ3v) is 3.71. The van der Waals surface area contributed by atoms with Crippen LogP contribution in [0.25, 0.3) is 0 Å². The first-order valence-corrected chi connectivity index (χ1v) is 6.02. The van der Waals surface area contributed by atoms with Gasteiger partial charge in [-0.3, -0.25) is 0 Å². The van der Waals surface area contributed by atoms with Crippen molar-refractivity contribution in [3.8, 4) is 0 Å². The summed E-state index contributed by atoms with van der Waals surface area (Å²) in [6, 6.07) is 8.47. The fourth-order valence-corrected chi connectivity index (χ4v) is 2.58. The molecule has 0 saturated heterocycles. The molecule has 0 spiro atoms. The lowest BCUT2D eigenvalue weighted by Gasteiger charge is -2.36. The van der Waals surface area contributed by atoms with Crippen LogP contribution in [0, 0.1) is 6.92 Å². The molecule has 1 aliphatic rings. The average molecular weight is 233 g/mol. The largest absolute Gasteiger partial charge is 0.411 e. The zero-order valence-corrected chi connectivity index (χ0v) is 10.4. The van der Waals surface area contributed by atoms with Gasteiger partial charge < -0.3 is 9.94 Å². The van der Waals surface area contributed by atoms with Crippen LogP contribution in [0.3, 0.4) is 0 Å². The highest BCUT2D eigenvalue weighted by molar-refractivity contribution is 5.84. The van der Waals surface area contributed by atoms with Crippen molar-refractivity contribution >= 4 is 5.71 Å². The minimum atomic E-state index is -0.208. The third-order valence-electron chi connectivity index (χ3n) is 3.71. The molecule has 1 aromatic rings. The molecular weight excluding hydrogens is 214 g/mol. The Kier molecular flexibility index (Phi) is 3.48. The standard InChI is InChI=1S/C14H19NO2/c1-11-4-3-5-12(10-11)14(17-2)8-6-13(15-16)7-9-14/h3-5,10,16H,6-9H2,1-2H3. The number of ether oxygens (including phenoxy) is 1. The molecule has 0 amide bonds. The molecule has 1 aliphatic carbocycles. The maximum atomic E-state index is 8.80. The number of nitrogens with zero attached hydrogens (tertiary/aromatic N) is 1. The zero-order valence-electron chi connectivity index (χ0n) is 10.4. The van der Waals surface area contributed by atoms with Gasteiger partial charge in [0.05, 0.1) is 11.3 Å². The summed E-state index contributed by atoms with van der Waals surface area (Å²) in [5.74, 6) is 0. The Morgan fingerprint density at radius 1 is 1.29 bits per heavy atom. The van der Waals surface area contributed by atoms with E-state index >= 15 is 0 Å². The van der Waals surface area contributed by atoms with E-state index in [9.17, 15) is 0 Å². The van der Waals surface area contributed by atoms with E-state index in [0.29, 0.717) is 0 Å². The van der Waals surface area contributed by atoms with E-state index < -0.39 is 0 Å². The van der Waals surface area contributed by atoms with Gasteiger partial charge in [0.1, 0.15) is 0 Å². The molecule has 2 rings (SSSR count). The second kappa shape index (κ2) is 4.88. The van der Waals surface area contributed by atoms with Gasteiger partial charge in [0.15, 0.2) is 0 Å². The van der Waals surface area contributed by atoms with Crippen LogP contribution in [0.5, 0.6) is 0 Å². The first kappa shape index (κ1) is 12.1. The molecule has 0 unspecified atom stereocenters. The lowest BCUT2D eigenvalue weighted by molar-refractivity contribution is -0.0318. The topological polar surface area (TPSA) is 41.8 Å². The van der Waals surface area contributed by atoms with Crippen molar-refractivity contribution in [1.82, 2.24) is 0 Å². The predicted molar refractivity (Wildman–Crippen MR) is 67.6 cm³/mol. The van der Waals surface area contributed by atoms with Gasteiger partial charge in [0, 0.05) is 7.11 Å². The molecule has 0 aliphatic heterocycles. The van der Waals surface area contributed by atoms with E-state index in [0.717, 1.165) is 31.4 Å². The summed E-state index contributed by atoms with van der Waals surface area (Å²) < 4.78 is 5.78. The number of aryl methyl sites for hydroxylation is 1. The summed E-state index contributed by atoms with van der Waals surface area (Å²) in [7, 11) is 1.77. The Hall–Kier alpha value is -1.35. The molecule has 0 bridgehead atoms. The lowest BCUT2D eigenvalue weighted by Crippen LogP contribution is -2.33. The van der Waals surface area contributed by atoms with Gasteiger partial charge in [-0.2, -0.15) is 0 Å². The quantitative estimate of drug-likeness (QED) is 0.629. The van der Waals surface area contributed by atoms with E-state index in [1.165, 1.54) is 11.1 Å². The molecule has 3 nitrogen and oxygen atoms in total. The normalized spacial score (nSPS) is 24.7. The smallest absolute Gasteiger partial charge is 0.0934 e. The van der Waals surface area contributed by atoms with Crippen molar-refractivity contribution in [2.45, 2.75) is 38.2 Å². The third kappa shape index (κ3) is 2.34. The minimum Gasteiger partial charge on any atom is -0.411 e. The lowest BCUT2D eigenvalue weighted by atomic mass is 9.78. The van der Waals surface area contributed by atoms with E-state index in [-0.39, 0.29) is 5.60 Å². The molecule has 1 fully saturated rings. The Morgan fingerprint density at radius 2 is 2.00 bits per heavy atom. The maximum Gasteiger partial charge on any atom is 0.0934 e. The van der Waals surface area contributed by atoms with Crippen LogP contribution in [-0.2, 0) is 10.3 Å². The minimum absolute atomic E-state index is 0.208. The summed E-state index contributed by atoms with van der Waals surface area (Å²) >= 11 is 0. The van der Waals surface area contributed by atoms with Crippen LogP contribution in [-0.4, -0.2) is 18.0 Å². The Balaban J connectivity index is 2.27. The van der Waals surface area contributed by atoms with Crippen molar-refractivity contribution in [2.24, 2.45) is 5.16 Å². The molecule has 1 aromatic carbocycles. The second-order valence-electron chi connectivity index (χ2n) is 4.73. The molecule has 0 heterocycles. The van der Waals surface area contributed by atoms with Crippen molar-refractivity contribution in [1.29, 1.82) is 0 Å². The van der Waals surface area contributed by atoms with Crippen molar-refractivity contribution in [3.05, 3.63) is 35.4 Å². The zero-order chi connectivity index (χ0) is 12.3. The highest BCUT2D eigenvalue weighted by atomic mass is 16.5. The molecule has 0 atom stereocenters. The average Bonchev–Trinajstić information content (AvgIpc) is 2.39. The fraction of sp³-hybridized carbons (Fsp3) is 0.500. The second-order valence-corrected chi connectivity index (χ2v) is 4.73. The number of hydrogen-bond acceptors (Lipinski definition) is 3. The summed E-state index contributed by atoms with van der Waals surface area (Å²) in [6.45, 7) is 2.09. The summed E-state index contributed by atoms with van der Waals surface area (Å²) in [6.07, 6.45) is 3.37. The highest BCUT2D eigenvalue weighted by Crippen LogP contribution is 2.39. The SMILES string of the molecule is COC1(c2cccc(C)c2)CCC(=NO)CC1. The molecule has 0 radical (unpaired) electrons. The highest BCUT2D eigenvalue weighted by Gasteiger charge is 2.35. The first-order valence-electron chi connectivity index (χ1n) is 6.02. The van der Waals surface area contributed by atoms with Crippen molar-refractivity contribution in [3.63, 3.8) is 0 Å². The molecule has 0 aromatic heterocycles. The number of hydrogen-bond donors (Lipinski definition) is 1. The van der Waals surface area contributed by atoms with Crippen LogP contribution >= 0.6 is 0 Å². The van der Waals surface area contributed by atoms with E-state index in [2.05, 4.69) is 36.3 Å². The maximum absolute atomic E-state index is 8.80. The van der Waals surface area contributed by atoms with Gasteiger partial charge in [-0.25, -0.2) is 0 Å². The van der Waals surface area contributed by atoms with Gasteiger partial charge >= 0.3 is 0 Å². The molecule has 3 heteroatoms. The van der Waals surface area contributed by atoms with Gasteiger partial charge in [0.25, 0.3) is 0 Å². The molecular formula is C14H19NO2. The Labute approximate surface area is 102 Å². The number of oxime groups is 1. The van der Waals surface area contributed by atoms with Crippen LogP contribution in [0.4, 0.5) is 0 Å². The monoisotopic (exact) mass is 233 g/mol. The molecule has 1 saturated carbocycles. The number of benzene rings is 1.